The molecule has 0 aliphatic heterocycles. The zero-order chi connectivity index (χ0) is 19.4. The predicted molar refractivity (Wildman–Crippen MR) is 113 cm³/mol. The molecule has 7 rings (SSSR count). The van der Waals surface area contributed by atoms with Crippen LogP contribution in [0.25, 0.3) is 16.9 Å². The number of nitrogens with zero attached hydrogens (tertiary/aromatic N) is 3. The summed E-state index contributed by atoms with van der Waals surface area (Å²) in [5, 5.41) is 1.01. The van der Waals surface area contributed by atoms with Gasteiger partial charge in [-0.05, 0) is 80.2 Å². The van der Waals surface area contributed by atoms with E-state index in [0.717, 1.165) is 40.6 Å². The van der Waals surface area contributed by atoms with Gasteiger partial charge in [0.2, 0.25) is 5.95 Å². The fourth-order valence-electron chi connectivity index (χ4n) is 7.09. The summed E-state index contributed by atoms with van der Waals surface area (Å²) in [7, 11) is 0. The summed E-state index contributed by atoms with van der Waals surface area (Å²) in [5.41, 5.74) is 2.26. The van der Waals surface area contributed by atoms with Crippen molar-refractivity contribution in [1.29, 1.82) is 0 Å². The molecule has 4 nitrogen and oxygen atoms in total. The lowest BCUT2D eigenvalue weighted by Crippen LogP contribution is -2.46. The highest BCUT2D eigenvalue weighted by Crippen LogP contribution is 2.61. The molecule has 2 aromatic heterocycles. The molecule has 0 radical (unpaired) electrons. The third-order valence-corrected chi connectivity index (χ3v) is 7.83. The minimum Gasteiger partial charge on any atom is -0.294 e. The Balaban J connectivity index is 1.28. The van der Waals surface area contributed by atoms with Gasteiger partial charge in [-0.15, -0.1) is 0 Å². The number of hydrogen-bond acceptors (Lipinski definition) is 3. The van der Waals surface area contributed by atoms with Crippen molar-refractivity contribution in [3.63, 3.8) is 0 Å². The first-order valence-corrected chi connectivity index (χ1v) is 11.1. The van der Waals surface area contributed by atoms with E-state index in [9.17, 15) is 4.79 Å². The zero-order valence-electron chi connectivity index (χ0n) is 16.8. The summed E-state index contributed by atoms with van der Waals surface area (Å²) in [6.07, 6.45) is 15.6. The number of fused-ring (bicyclic) bond motifs is 1. The first-order chi connectivity index (χ1) is 14.2. The summed E-state index contributed by atoms with van der Waals surface area (Å²) in [4.78, 5) is 22.1. The van der Waals surface area contributed by atoms with Crippen LogP contribution in [0.3, 0.4) is 0 Å². The van der Waals surface area contributed by atoms with E-state index in [4.69, 9.17) is 0 Å². The second-order valence-electron chi connectivity index (χ2n) is 9.82. The van der Waals surface area contributed by atoms with E-state index in [1.54, 1.807) is 12.4 Å². The van der Waals surface area contributed by atoms with Crippen molar-refractivity contribution in [3.8, 4) is 5.95 Å². The van der Waals surface area contributed by atoms with E-state index in [0.29, 0.717) is 17.8 Å². The van der Waals surface area contributed by atoms with Gasteiger partial charge in [0.05, 0.1) is 5.52 Å². The molecule has 4 heteroatoms. The Hall–Kier alpha value is -2.49. The third kappa shape index (κ3) is 2.92. The number of Topliss-reactive ketones (excluding diaryl/α,β-unsaturated/α-hetero) is 1. The lowest BCUT2D eigenvalue weighted by atomic mass is 9.48. The van der Waals surface area contributed by atoms with E-state index < -0.39 is 0 Å². The second kappa shape index (κ2) is 6.51. The molecule has 4 aliphatic carbocycles. The van der Waals surface area contributed by atoms with Gasteiger partial charge in [-0.2, -0.15) is 0 Å². The first kappa shape index (κ1) is 17.4. The number of hydrogen-bond donors (Lipinski definition) is 0. The summed E-state index contributed by atoms with van der Waals surface area (Å²) in [6, 6.07) is 9.92. The Labute approximate surface area is 171 Å². The van der Waals surface area contributed by atoms with Gasteiger partial charge in [0.15, 0.2) is 5.78 Å². The summed E-state index contributed by atoms with van der Waals surface area (Å²) in [5.74, 6) is 3.70. The Morgan fingerprint density at radius 3 is 2.31 bits per heavy atom. The van der Waals surface area contributed by atoms with Gasteiger partial charge in [-0.1, -0.05) is 18.2 Å². The topological polar surface area (TPSA) is 47.8 Å². The maximum atomic E-state index is 13.3. The molecule has 0 spiro atoms. The van der Waals surface area contributed by atoms with Crippen molar-refractivity contribution in [2.45, 2.75) is 51.4 Å². The molecule has 0 saturated heterocycles. The number of aromatic nitrogens is 3. The number of carbonyl (C=O) groups excluding carboxylic acids is 1. The quantitative estimate of drug-likeness (QED) is 0.537. The van der Waals surface area contributed by atoms with Crippen LogP contribution >= 0.6 is 0 Å². The molecule has 0 atom stereocenters. The Morgan fingerprint density at radius 2 is 1.62 bits per heavy atom. The fraction of sp³-hybridized carbons (Fsp3) is 0.480. The zero-order valence-corrected chi connectivity index (χ0v) is 16.8. The third-order valence-electron chi connectivity index (χ3n) is 7.83. The fourth-order valence-corrected chi connectivity index (χ4v) is 7.09. The molecule has 0 N–H and O–H groups in total. The van der Waals surface area contributed by atoms with E-state index in [2.05, 4.69) is 9.97 Å². The average Bonchev–Trinajstić information content (AvgIpc) is 3.12. The van der Waals surface area contributed by atoms with E-state index in [-0.39, 0.29) is 5.78 Å². The maximum absolute atomic E-state index is 13.3. The second-order valence-corrected chi connectivity index (χ2v) is 9.82. The molecule has 3 aromatic rings. The summed E-state index contributed by atoms with van der Waals surface area (Å²) in [6.45, 7) is 0. The predicted octanol–water partition coefficient (Wildman–Crippen LogP) is 5.60. The van der Waals surface area contributed by atoms with Crippen LogP contribution in [-0.2, 0) is 0 Å². The molecule has 2 heterocycles. The Morgan fingerprint density at radius 1 is 0.966 bits per heavy atom. The lowest BCUT2D eigenvalue weighted by Gasteiger charge is -2.57. The van der Waals surface area contributed by atoms with Crippen molar-refractivity contribution >= 4 is 16.7 Å². The molecule has 148 valence electrons. The molecule has 4 saturated carbocycles. The van der Waals surface area contributed by atoms with Gasteiger partial charge < -0.3 is 0 Å². The van der Waals surface area contributed by atoms with Crippen LogP contribution in [0.1, 0.15) is 61.7 Å². The lowest BCUT2D eigenvalue weighted by molar-refractivity contribution is -0.0570. The van der Waals surface area contributed by atoms with Crippen LogP contribution in [0.5, 0.6) is 0 Å². The van der Waals surface area contributed by atoms with Crippen molar-refractivity contribution < 1.29 is 4.79 Å². The van der Waals surface area contributed by atoms with Crippen LogP contribution in [0.4, 0.5) is 0 Å². The Bertz CT molecular complexity index is 1030. The average molecular weight is 386 g/mol. The van der Waals surface area contributed by atoms with Gasteiger partial charge in [0.25, 0.3) is 0 Å². The van der Waals surface area contributed by atoms with Gasteiger partial charge in [0, 0.05) is 36.0 Å². The molecular weight excluding hydrogens is 358 g/mol. The van der Waals surface area contributed by atoms with Crippen LogP contribution in [0.2, 0.25) is 0 Å². The highest BCUT2D eigenvalue weighted by atomic mass is 16.1. The summed E-state index contributed by atoms with van der Waals surface area (Å²) < 4.78 is 1.95. The SMILES string of the molecule is O=C(CCC12CC3CC(CC(C3)C1)C2)c1cn(-c2ncccn2)c2ccccc12. The van der Waals surface area contributed by atoms with Gasteiger partial charge >= 0.3 is 0 Å². The maximum Gasteiger partial charge on any atom is 0.234 e. The highest BCUT2D eigenvalue weighted by Gasteiger charge is 2.50. The van der Waals surface area contributed by atoms with Crippen LogP contribution in [0.15, 0.2) is 48.9 Å². The number of rotatable bonds is 5. The van der Waals surface area contributed by atoms with Crippen LogP contribution in [-0.4, -0.2) is 20.3 Å². The molecule has 0 amide bonds. The monoisotopic (exact) mass is 385 g/mol. The largest absolute Gasteiger partial charge is 0.294 e. The van der Waals surface area contributed by atoms with Crippen molar-refractivity contribution in [2.24, 2.45) is 23.2 Å². The number of carbonyl (C=O) groups is 1. The number of ketones is 1. The minimum atomic E-state index is 0.270. The van der Waals surface area contributed by atoms with Crippen LogP contribution in [0, 0.1) is 23.2 Å². The van der Waals surface area contributed by atoms with Crippen molar-refractivity contribution in [2.75, 3.05) is 0 Å². The van der Waals surface area contributed by atoms with Crippen LogP contribution < -0.4 is 0 Å². The smallest absolute Gasteiger partial charge is 0.234 e. The molecular formula is C25H27N3O. The molecule has 1 aromatic carbocycles. The summed E-state index contributed by atoms with van der Waals surface area (Å²) >= 11 is 0. The normalized spacial score (nSPS) is 30.1. The standard InChI is InChI=1S/C25H27N3O/c29-23(6-7-25-13-17-10-18(14-25)12-19(11-17)15-25)21-16-28(24-26-8-3-9-27-24)22-5-2-1-4-20(21)22/h1-5,8-9,16-19H,6-7,10-15H2. The van der Waals surface area contributed by atoms with Gasteiger partial charge in [-0.3, -0.25) is 9.36 Å². The highest BCUT2D eigenvalue weighted by molar-refractivity contribution is 6.08. The molecule has 4 aliphatic rings. The first-order valence-electron chi connectivity index (χ1n) is 11.1. The van der Waals surface area contributed by atoms with Gasteiger partial charge in [-0.25, -0.2) is 9.97 Å². The number of para-hydroxylation sites is 1. The van der Waals surface area contributed by atoms with Crippen molar-refractivity contribution in [1.82, 2.24) is 14.5 Å². The number of benzene rings is 1. The molecule has 4 fully saturated rings. The molecule has 0 unspecified atom stereocenters. The van der Waals surface area contributed by atoms with E-state index >= 15 is 0 Å². The van der Waals surface area contributed by atoms with E-state index in [1.807, 2.05) is 41.1 Å². The molecule has 4 bridgehead atoms. The Kier molecular flexibility index (Phi) is 3.90. The van der Waals surface area contributed by atoms with E-state index in [1.165, 1.54) is 38.5 Å². The molecule has 29 heavy (non-hydrogen) atoms. The van der Waals surface area contributed by atoms with Gasteiger partial charge in [0.1, 0.15) is 0 Å². The van der Waals surface area contributed by atoms with Crippen molar-refractivity contribution in [3.05, 3.63) is 54.5 Å². The minimum absolute atomic E-state index is 0.270.